The van der Waals surface area contributed by atoms with Crippen LogP contribution < -0.4 is 0 Å². The number of ether oxygens (including phenoxy) is 2. The van der Waals surface area contributed by atoms with Gasteiger partial charge in [-0.2, -0.15) is 12.6 Å². The van der Waals surface area contributed by atoms with Gasteiger partial charge in [0.1, 0.15) is 0 Å². The lowest BCUT2D eigenvalue weighted by Gasteiger charge is -2.39. The van der Waals surface area contributed by atoms with Crippen molar-refractivity contribution in [1.82, 2.24) is 0 Å². The lowest BCUT2D eigenvalue weighted by Crippen LogP contribution is -2.43. The predicted octanol–water partition coefficient (Wildman–Crippen LogP) is 6.63. The summed E-state index contributed by atoms with van der Waals surface area (Å²) in [6.45, 7) is 10.5. The second-order valence-corrected chi connectivity index (χ2v) is 7.24. The van der Waals surface area contributed by atoms with Crippen molar-refractivity contribution in [3.63, 3.8) is 0 Å². The third-order valence-electron chi connectivity index (χ3n) is 4.53. The van der Waals surface area contributed by atoms with Gasteiger partial charge in [0, 0.05) is 25.6 Å². The summed E-state index contributed by atoms with van der Waals surface area (Å²) in [5.41, 5.74) is 0. The van der Waals surface area contributed by atoms with E-state index in [0.29, 0.717) is 5.92 Å². The van der Waals surface area contributed by atoms with Crippen molar-refractivity contribution in [2.75, 3.05) is 19.0 Å². The first-order valence-corrected chi connectivity index (χ1v) is 10.7. The molecule has 0 bridgehead atoms. The molecule has 0 heterocycles. The van der Waals surface area contributed by atoms with Gasteiger partial charge in [0.05, 0.1) is 0 Å². The van der Waals surface area contributed by atoms with Gasteiger partial charge in [-0.25, -0.2) is 0 Å². The molecule has 0 fully saturated rings. The standard InChI is InChI=1S/C20H42O2S/c1-5-8-9-10-11-12-14-19(4)20(15-13-18-23,21-16-6-2)22-17-7-3/h19,23H,5-18H2,1-4H3. The molecule has 0 aliphatic heterocycles. The van der Waals surface area contributed by atoms with Crippen LogP contribution in [0.15, 0.2) is 0 Å². The minimum Gasteiger partial charge on any atom is -0.350 e. The summed E-state index contributed by atoms with van der Waals surface area (Å²) in [6.07, 6.45) is 13.4. The lowest BCUT2D eigenvalue weighted by molar-refractivity contribution is -0.269. The van der Waals surface area contributed by atoms with Crippen molar-refractivity contribution in [3.8, 4) is 0 Å². The SMILES string of the molecule is CCCCCCCCC(C)C(CCCS)(OCCC)OCCC. The van der Waals surface area contributed by atoms with Crippen molar-refractivity contribution in [2.45, 2.75) is 104 Å². The molecular weight excluding hydrogens is 304 g/mol. The Morgan fingerprint density at radius 3 is 1.87 bits per heavy atom. The van der Waals surface area contributed by atoms with Crippen LogP contribution in [0.25, 0.3) is 0 Å². The van der Waals surface area contributed by atoms with Gasteiger partial charge in [-0.05, 0) is 31.4 Å². The Hall–Kier alpha value is 0.270. The maximum atomic E-state index is 6.28. The Morgan fingerprint density at radius 2 is 1.35 bits per heavy atom. The summed E-state index contributed by atoms with van der Waals surface area (Å²) < 4.78 is 12.6. The zero-order valence-electron chi connectivity index (χ0n) is 16.2. The molecule has 3 heteroatoms. The minimum atomic E-state index is -0.391. The molecule has 0 aliphatic carbocycles. The smallest absolute Gasteiger partial charge is 0.170 e. The van der Waals surface area contributed by atoms with Gasteiger partial charge < -0.3 is 9.47 Å². The summed E-state index contributed by atoms with van der Waals surface area (Å²) in [5.74, 6) is 0.959. The number of hydrogen-bond acceptors (Lipinski definition) is 3. The van der Waals surface area contributed by atoms with E-state index < -0.39 is 5.79 Å². The van der Waals surface area contributed by atoms with Gasteiger partial charge >= 0.3 is 0 Å². The zero-order valence-corrected chi connectivity index (χ0v) is 17.1. The van der Waals surface area contributed by atoms with Crippen molar-refractivity contribution < 1.29 is 9.47 Å². The highest BCUT2D eigenvalue weighted by Crippen LogP contribution is 2.33. The molecule has 0 aliphatic rings. The maximum Gasteiger partial charge on any atom is 0.170 e. The first kappa shape index (κ1) is 23.3. The van der Waals surface area contributed by atoms with Gasteiger partial charge in [-0.1, -0.05) is 66.2 Å². The Morgan fingerprint density at radius 1 is 0.783 bits per heavy atom. The van der Waals surface area contributed by atoms with Gasteiger partial charge in [-0.15, -0.1) is 0 Å². The molecule has 0 saturated carbocycles. The average Bonchev–Trinajstić information content (AvgIpc) is 2.57. The van der Waals surface area contributed by atoms with E-state index in [1.54, 1.807) is 0 Å². The molecule has 0 saturated heterocycles. The van der Waals surface area contributed by atoms with Crippen LogP contribution in [0.2, 0.25) is 0 Å². The van der Waals surface area contributed by atoms with Crippen LogP contribution in [0.4, 0.5) is 0 Å². The summed E-state index contributed by atoms with van der Waals surface area (Å²) >= 11 is 4.39. The van der Waals surface area contributed by atoms with E-state index in [0.717, 1.165) is 44.6 Å². The second kappa shape index (κ2) is 15.8. The van der Waals surface area contributed by atoms with Gasteiger partial charge in [0.2, 0.25) is 0 Å². The molecule has 0 N–H and O–H groups in total. The predicted molar refractivity (Wildman–Crippen MR) is 105 cm³/mol. The number of rotatable bonds is 17. The van der Waals surface area contributed by atoms with E-state index in [9.17, 15) is 0 Å². The van der Waals surface area contributed by atoms with E-state index in [4.69, 9.17) is 9.47 Å². The topological polar surface area (TPSA) is 18.5 Å². The van der Waals surface area contributed by atoms with Crippen LogP contribution in [0.1, 0.15) is 98.3 Å². The molecule has 1 unspecified atom stereocenters. The van der Waals surface area contributed by atoms with Gasteiger partial charge in [0.25, 0.3) is 0 Å². The van der Waals surface area contributed by atoms with Gasteiger partial charge in [-0.3, -0.25) is 0 Å². The summed E-state index contributed by atoms with van der Waals surface area (Å²) in [6, 6.07) is 0. The molecule has 2 nitrogen and oxygen atoms in total. The molecule has 140 valence electrons. The Balaban J connectivity index is 4.50. The van der Waals surface area contributed by atoms with E-state index in [1.807, 2.05) is 0 Å². The van der Waals surface area contributed by atoms with E-state index in [1.165, 1.54) is 44.9 Å². The molecule has 0 radical (unpaired) electrons. The summed E-state index contributed by atoms with van der Waals surface area (Å²) in [4.78, 5) is 0. The normalized spacial score (nSPS) is 13.4. The molecule has 0 amide bonds. The molecule has 0 spiro atoms. The van der Waals surface area contributed by atoms with E-state index in [-0.39, 0.29) is 0 Å². The van der Waals surface area contributed by atoms with Crippen LogP contribution in [-0.2, 0) is 9.47 Å². The largest absolute Gasteiger partial charge is 0.350 e. The highest BCUT2D eigenvalue weighted by molar-refractivity contribution is 7.80. The second-order valence-electron chi connectivity index (χ2n) is 6.79. The minimum absolute atomic E-state index is 0.391. The fourth-order valence-corrected chi connectivity index (χ4v) is 3.20. The molecule has 0 rings (SSSR count). The van der Waals surface area contributed by atoms with Crippen molar-refractivity contribution in [3.05, 3.63) is 0 Å². The number of unbranched alkanes of at least 4 members (excludes halogenated alkanes) is 5. The van der Waals surface area contributed by atoms with E-state index >= 15 is 0 Å². The molecule has 23 heavy (non-hydrogen) atoms. The molecule has 1 atom stereocenters. The maximum absolute atomic E-state index is 6.28. The van der Waals surface area contributed by atoms with Crippen LogP contribution in [0.5, 0.6) is 0 Å². The number of thiol groups is 1. The zero-order chi connectivity index (χ0) is 17.4. The van der Waals surface area contributed by atoms with Crippen LogP contribution >= 0.6 is 12.6 Å². The van der Waals surface area contributed by atoms with Crippen molar-refractivity contribution >= 4 is 12.6 Å². The van der Waals surface area contributed by atoms with E-state index in [2.05, 4.69) is 40.3 Å². The Labute approximate surface area is 151 Å². The Bertz CT molecular complexity index is 224. The third kappa shape index (κ3) is 10.7. The van der Waals surface area contributed by atoms with Crippen molar-refractivity contribution in [2.24, 2.45) is 5.92 Å². The third-order valence-corrected chi connectivity index (χ3v) is 4.84. The van der Waals surface area contributed by atoms with Gasteiger partial charge in [0.15, 0.2) is 5.79 Å². The highest BCUT2D eigenvalue weighted by Gasteiger charge is 2.37. The fourth-order valence-electron chi connectivity index (χ4n) is 3.04. The molecule has 0 aromatic carbocycles. The average molecular weight is 347 g/mol. The monoisotopic (exact) mass is 346 g/mol. The van der Waals surface area contributed by atoms with Crippen LogP contribution in [-0.4, -0.2) is 24.8 Å². The fraction of sp³-hybridized carbons (Fsp3) is 1.00. The lowest BCUT2D eigenvalue weighted by atomic mass is 9.90. The highest BCUT2D eigenvalue weighted by atomic mass is 32.1. The van der Waals surface area contributed by atoms with Crippen molar-refractivity contribution in [1.29, 1.82) is 0 Å². The summed E-state index contributed by atoms with van der Waals surface area (Å²) in [7, 11) is 0. The number of hydrogen-bond donors (Lipinski definition) is 1. The first-order valence-electron chi connectivity index (χ1n) is 10.1. The quantitative estimate of drug-likeness (QED) is 0.181. The molecular formula is C20H42O2S. The first-order chi connectivity index (χ1) is 11.2. The summed E-state index contributed by atoms with van der Waals surface area (Å²) in [5, 5.41) is 0. The Kier molecular flexibility index (Phi) is 16.0. The van der Waals surface area contributed by atoms with Crippen LogP contribution in [0, 0.1) is 5.92 Å². The molecule has 0 aromatic rings. The van der Waals surface area contributed by atoms with Crippen LogP contribution in [0.3, 0.4) is 0 Å². The molecule has 0 aromatic heterocycles.